The first-order valence-corrected chi connectivity index (χ1v) is 9.53. The summed E-state index contributed by atoms with van der Waals surface area (Å²) in [5, 5.41) is 5.13. The van der Waals surface area contributed by atoms with Gasteiger partial charge in [0.05, 0.1) is 10.3 Å². The number of aromatic amines is 1. The van der Waals surface area contributed by atoms with Crippen LogP contribution in [0.15, 0.2) is 59.8 Å². The fourth-order valence-corrected chi connectivity index (χ4v) is 4.47. The Morgan fingerprint density at radius 1 is 1.07 bits per heavy atom. The van der Waals surface area contributed by atoms with E-state index in [0.717, 1.165) is 21.7 Å². The SMILES string of the molecule is Cn1ccc(-c2sc3nc(-c4nccn4C)[nH]c(=O)c3c2-c2ccccc2)n1. The van der Waals surface area contributed by atoms with Crippen LogP contribution in [-0.2, 0) is 14.1 Å². The molecule has 0 atom stereocenters. The molecule has 1 aromatic carbocycles. The molecule has 4 aromatic heterocycles. The molecule has 0 aliphatic heterocycles. The number of benzene rings is 1. The molecule has 0 saturated carbocycles. The largest absolute Gasteiger partial charge is 0.331 e. The van der Waals surface area contributed by atoms with Crippen LogP contribution < -0.4 is 5.56 Å². The fraction of sp³-hybridized carbons (Fsp3) is 0.100. The van der Waals surface area contributed by atoms with Crippen LogP contribution in [0.3, 0.4) is 0 Å². The van der Waals surface area contributed by atoms with E-state index in [9.17, 15) is 4.79 Å². The lowest BCUT2D eigenvalue weighted by Crippen LogP contribution is -2.10. The van der Waals surface area contributed by atoms with Crippen LogP contribution in [0.25, 0.3) is 43.6 Å². The van der Waals surface area contributed by atoms with E-state index in [2.05, 4.69) is 15.1 Å². The Labute approximate surface area is 164 Å². The fourth-order valence-electron chi connectivity index (χ4n) is 3.30. The highest BCUT2D eigenvalue weighted by Crippen LogP contribution is 2.42. The molecule has 5 aromatic rings. The minimum absolute atomic E-state index is 0.180. The molecule has 138 valence electrons. The second-order valence-electron chi connectivity index (χ2n) is 6.50. The molecule has 0 amide bonds. The van der Waals surface area contributed by atoms with Gasteiger partial charge in [0.15, 0.2) is 11.6 Å². The van der Waals surface area contributed by atoms with Gasteiger partial charge in [0.1, 0.15) is 10.5 Å². The van der Waals surface area contributed by atoms with Gasteiger partial charge in [-0.15, -0.1) is 11.3 Å². The van der Waals surface area contributed by atoms with Crippen molar-refractivity contribution in [3.63, 3.8) is 0 Å². The van der Waals surface area contributed by atoms with Crippen molar-refractivity contribution >= 4 is 21.6 Å². The van der Waals surface area contributed by atoms with Gasteiger partial charge in [-0.1, -0.05) is 30.3 Å². The van der Waals surface area contributed by atoms with Crippen LogP contribution in [-0.4, -0.2) is 29.3 Å². The molecule has 5 rings (SSSR count). The summed E-state index contributed by atoms with van der Waals surface area (Å²) >= 11 is 1.47. The van der Waals surface area contributed by atoms with Crippen LogP contribution >= 0.6 is 11.3 Å². The van der Waals surface area contributed by atoms with Crippen molar-refractivity contribution < 1.29 is 0 Å². The maximum atomic E-state index is 13.1. The maximum absolute atomic E-state index is 13.1. The Morgan fingerprint density at radius 2 is 1.89 bits per heavy atom. The number of hydrogen-bond donors (Lipinski definition) is 1. The van der Waals surface area contributed by atoms with Crippen LogP contribution in [0.1, 0.15) is 0 Å². The van der Waals surface area contributed by atoms with Gasteiger partial charge in [-0.05, 0) is 11.6 Å². The molecule has 28 heavy (non-hydrogen) atoms. The molecule has 8 heteroatoms. The molecular weight excluding hydrogens is 372 g/mol. The minimum atomic E-state index is -0.180. The monoisotopic (exact) mass is 388 g/mol. The van der Waals surface area contributed by atoms with Crippen molar-refractivity contribution in [1.82, 2.24) is 29.3 Å². The molecule has 0 unspecified atom stereocenters. The first-order valence-electron chi connectivity index (χ1n) is 8.72. The van der Waals surface area contributed by atoms with E-state index < -0.39 is 0 Å². The third-order valence-corrected chi connectivity index (χ3v) is 5.71. The third-order valence-electron chi connectivity index (χ3n) is 4.60. The summed E-state index contributed by atoms with van der Waals surface area (Å²) < 4.78 is 3.58. The molecule has 4 heterocycles. The molecule has 0 bridgehead atoms. The molecule has 7 nitrogen and oxygen atoms in total. The summed E-state index contributed by atoms with van der Waals surface area (Å²) in [5.74, 6) is 1.08. The van der Waals surface area contributed by atoms with Crippen molar-refractivity contribution in [1.29, 1.82) is 0 Å². The molecule has 1 N–H and O–H groups in total. The van der Waals surface area contributed by atoms with Gasteiger partial charge in [-0.25, -0.2) is 9.97 Å². The van der Waals surface area contributed by atoms with Crippen molar-refractivity contribution in [2.75, 3.05) is 0 Å². The Hall–Kier alpha value is -3.52. The summed E-state index contributed by atoms with van der Waals surface area (Å²) in [6.45, 7) is 0. The second-order valence-corrected chi connectivity index (χ2v) is 7.50. The predicted octanol–water partition coefficient (Wildman–Crippen LogP) is 3.45. The smallest absolute Gasteiger partial charge is 0.260 e. The molecule has 0 saturated heterocycles. The quantitative estimate of drug-likeness (QED) is 0.513. The molecule has 0 radical (unpaired) electrons. The first-order chi connectivity index (χ1) is 13.6. The van der Waals surface area contributed by atoms with E-state index in [1.807, 2.05) is 67.5 Å². The number of nitrogens with one attached hydrogen (secondary N) is 1. The standard InChI is InChI=1S/C20H16N6OS/c1-25-11-9-21-18(25)17-22-19(27)15-14(12-6-4-3-5-7-12)16(28-20(15)23-17)13-8-10-26(2)24-13/h3-11H,1-2H3,(H,22,23,27). The van der Waals surface area contributed by atoms with Crippen molar-refractivity contribution in [2.45, 2.75) is 0 Å². The summed E-state index contributed by atoms with van der Waals surface area (Å²) in [7, 11) is 3.75. The van der Waals surface area contributed by atoms with E-state index >= 15 is 0 Å². The highest BCUT2D eigenvalue weighted by molar-refractivity contribution is 7.22. The van der Waals surface area contributed by atoms with Gasteiger partial charge in [-0.3, -0.25) is 9.48 Å². The van der Waals surface area contributed by atoms with Gasteiger partial charge in [0, 0.05) is 38.2 Å². The summed E-state index contributed by atoms with van der Waals surface area (Å²) in [5.41, 5.74) is 2.47. The molecule has 0 spiro atoms. The van der Waals surface area contributed by atoms with E-state index in [1.165, 1.54) is 11.3 Å². The number of rotatable bonds is 3. The number of aryl methyl sites for hydroxylation is 2. The van der Waals surface area contributed by atoms with E-state index in [-0.39, 0.29) is 5.56 Å². The van der Waals surface area contributed by atoms with Crippen LogP contribution in [0, 0.1) is 0 Å². The summed E-state index contributed by atoms with van der Waals surface area (Å²) in [4.78, 5) is 26.6. The van der Waals surface area contributed by atoms with Crippen LogP contribution in [0.2, 0.25) is 0 Å². The zero-order chi connectivity index (χ0) is 19.3. The minimum Gasteiger partial charge on any atom is -0.331 e. The topological polar surface area (TPSA) is 81.4 Å². The average molecular weight is 388 g/mol. The molecule has 0 aliphatic rings. The Balaban J connectivity index is 1.85. The second kappa shape index (κ2) is 6.28. The Kier molecular flexibility index (Phi) is 3.73. The number of thiophene rings is 1. The molecule has 0 aliphatic carbocycles. The number of nitrogens with zero attached hydrogens (tertiary/aromatic N) is 5. The Bertz CT molecular complexity index is 1360. The Morgan fingerprint density at radius 3 is 2.57 bits per heavy atom. The van der Waals surface area contributed by atoms with Gasteiger partial charge in [0.2, 0.25) is 0 Å². The van der Waals surface area contributed by atoms with E-state index in [0.29, 0.717) is 21.9 Å². The zero-order valence-electron chi connectivity index (χ0n) is 15.2. The zero-order valence-corrected chi connectivity index (χ0v) is 16.1. The van der Waals surface area contributed by atoms with Crippen LogP contribution in [0.5, 0.6) is 0 Å². The average Bonchev–Trinajstić information content (AvgIpc) is 3.40. The highest BCUT2D eigenvalue weighted by Gasteiger charge is 2.22. The number of imidazole rings is 1. The molecule has 0 fully saturated rings. The lowest BCUT2D eigenvalue weighted by atomic mass is 10.0. The highest BCUT2D eigenvalue weighted by atomic mass is 32.1. The van der Waals surface area contributed by atoms with Crippen molar-refractivity contribution in [2.24, 2.45) is 14.1 Å². The summed E-state index contributed by atoms with van der Waals surface area (Å²) in [6, 6.07) is 11.8. The van der Waals surface area contributed by atoms with Gasteiger partial charge < -0.3 is 9.55 Å². The first kappa shape index (κ1) is 16.6. The lowest BCUT2D eigenvalue weighted by Gasteiger charge is -2.04. The van der Waals surface area contributed by atoms with Crippen molar-refractivity contribution in [3.05, 3.63) is 65.3 Å². The third kappa shape index (κ3) is 2.57. The molecular formula is C20H16N6OS. The van der Waals surface area contributed by atoms with Gasteiger partial charge >= 0.3 is 0 Å². The van der Waals surface area contributed by atoms with Gasteiger partial charge in [0.25, 0.3) is 5.56 Å². The maximum Gasteiger partial charge on any atom is 0.260 e. The summed E-state index contributed by atoms with van der Waals surface area (Å²) in [6.07, 6.45) is 5.40. The van der Waals surface area contributed by atoms with Gasteiger partial charge in [-0.2, -0.15) is 5.10 Å². The predicted molar refractivity (Wildman–Crippen MR) is 110 cm³/mol. The number of hydrogen-bond acceptors (Lipinski definition) is 5. The number of H-pyrrole nitrogens is 1. The van der Waals surface area contributed by atoms with Crippen LogP contribution in [0.4, 0.5) is 0 Å². The number of fused-ring (bicyclic) bond motifs is 1. The number of aromatic nitrogens is 6. The van der Waals surface area contributed by atoms with Crippen molar-refractivity contribution in [3.8, 4) is 33.3 Å². The normalized spacial score (nSPS) is 11.4. The van der Waals surface area contributed by atoms with E-state index in [4.69, 9.17) is 4.98 Å². The van der Waals surface area contributed by atoms with E-state index in [1.54, 1.807) is 10.9 Å². The lowest BCUT2D eigenvalue weighted by molar-refractivity contribution is 0.771.